The van der Waals surface area contributed by atoms with Crippen molar-refractivity contribution < 1.29 is 23.1 Å². The number of aromatic hydroxyl groups is 1. The first kappa shape index (κ1) is 19.2. The van der Waals surface area contributed by atoms with Gasteiger partial charge in [-0.25, -0.2) is 10.9 Å². The molecule has 3 rings (SSSR count). The molecule has 0 radical (unpaired) electrons. The first-order valence-corrected chi connectivity index (χ1v) is 8.44. The van der Waals surface area contributed by atoms with Crippen molar-refractivity contribution in [3.05, 3.63) is 58.7 Å². The van der Waals surface area contributed by atoms with Gasteiger partial charge in [0, 0.05) is 11.3 Å². The van der Waals surface area contributed by atoms with Gasteiger partial charge >= 0.3 is 6.18 Å². The van der Waals surface area contributed by atoms with E-state index in [2.05, 4.69) is 16.2 Å². The molecule has 2 aromatic rings. The predicted molar refractivity (Wildman–Crippen MR) is 95.1 cm³/mol. The number of hydrogen-bond acceptors (Lipinski definition) is 4. The summed E-state index contributed by atoms with van der Waals surface area (Å²) < 4.78 is 38.4. The third-order valence-corrected chi connectivity index (χ3v) is 4.53. The summed E-state index contributed by atoms with van der Waals surface area (Å²) in [6, 6.07) is 7.15. The van der Waals surface area contributed by atoms with Crippen LogP contribution in [0.3, 0.4) is 0 Å². The van der Waals surface area contributed by atoms with Crippen LogP contribution in [0.25, 0.3) is 0 Å². The molecule has 27 heavy (non-hydrogen) atoms. The van der Waals surface area contributed by atoms with Gasteiger partial charge in [0.05, 0.1) is 11.6 Å². The number of hydrazine groups is 1. The summed E-state index contributed by atoms with van der Waals surface area (Å²) in [7, 11) is 0. The number of anilines is 1. The average Bonchev–Trinajstić information content (AvgIpc) is 3.03. The maximum absolute atomic E-state index is 12.8. The molecule has 4 N–H and O–H groups in total. The maximum atomic E-state index is 12.8. The van der Waals surface area contributed by atoms with Crippen molar-refractivity contribution in [3.63, 3.8) is 0 Å². The van der Waals surface area contributed by atoms with E-state index in [0.717, 1.165) is 23.3 Å². The standard InChI is InChI=1S/C19H20F3N3O2/c1-10-6-11(2)17(16(26)7-10)14-9-15(25-24-14)18(27)23-13-5-3-4-12(8-13)19(20,21)22/h3-8,14-15,24-26H,9H2,1-2H3,(H,23,27). The van der Waals surface area contributed by atoms with Crippen LogP contribution in [0.1, 0.15) is 34.7 Å². The van der Waals surface area contributed by atoms with Gasteiger partial charge in [0.25, 0.3) is 0 Å². The van der Waals surface area contributed by atoms with E-state index < -0.39 is 23.7 Å². The number of alkyl halides is 3. The lowest BCUT2D eigenvalue weighted by molar-refractivity contribution is -0.137. The number of aryl methyl sites for hydroxylation is 2. The van der Waals surface area contributed by atoms with Crippen LogP contribution in [0.2, 0.25) is 0 Å². The van der Waals surface area contributed by atoms with Crippen LogP contribution in [0.15, 0.2) is 36.4 Å². The van der Waals surface area contributed by atoms with Crippen molar-refractivity contribution in [2.45, 2.75) is 38.5 Å². The Kier molecular flexibility index (Phi) is 5.12. The molecule has 0 aromatic heterocycles. The normalized spacial score (nSPS) is 19.9. The van der Waals surface area contributed by atoms with Crippen LogP contribution in [0, 0.1) is 13.8 Å². The van der Waals surface area contributed by atoms with E-state index in [-0.39, 0.29) is 17.5 Å². The average molecular weight is 379 g/mol. The number of benzene rings is 2. The highest BCUT2D eigenvalue weighted by Crippen LogP contribution is 2.34. The molecule has 1 aliphatic rings. The number of nitrogens with one attached hydrogen (secondary N) is 3. The summed E-state index contributed by atoms with van der Waals surface area (Å²) in [4.78, 5) is 12.4. The molecule has 0 saturated carbocycles. The van der Waals surface area contributed by atoms with Crippen LogP contribution < -0.4 is 16.2 Å². The quantitative estimate of drug-likeness (QED) is 0.658. The van der Waals surface area contributed by atoms with Crippen LogP contribution in [-0.4, -0.2) is 17.1 Å². The van der Waals surface area contributed by atoms with Crippen LogP contribution in [0.4, 0.5) is 18.9 Å². The molecule has 144 valence electrons. The Balaban J connectivity index is 1.70. The second-order valence-electron chi connectivity index (χ2n) is 6.71. The van der Waals surface area contributed by atoms with E-state index in [9.17, 15) is 23.1 Å². The number of hydrogen-bond donors (Lipinski definition) is 4. The van der Waals surface area contributed by atoms with Crippen molar-refractivity contribution in [3.8, 4) is 5.75 Å². The van der Waals surface area contributed by atoms with Gasteiger partial charge in [-0.3, -0.25) is 4.79 Å². The SMILES string of the molecule is Cc1cc(C)c(C2CC(C(=O)Nc3cccc(C(F)(F)F)c3)NN2)c(O)c1. The largest absolute Gasteiger partial charge is 0.508 e. The molecule has 1 fully saturated rings. The maximum Gasteiger partial charge on any atom is 0.416 e. The molecule has 1 amide bonds. The van der Waals surface area contributed by atoms with E-state index in [1.165, 1.54) is 12.1 Å². The van der Waals surface area contributed by atoms with Crippen molar-refractivity contribution in [2.75, 3.05) is 5.32 Å². The molecule has 2 aromatic carbocycles. The molecule has 1 aliphatic heterocycles. The predicted octanol–water partition coefficient (Wildman–Crippen LogP) is 3.57. The first-order valence-electron chi connectivity index (χ1n) is 8.44. The first-order chi connectivity index (χ1) is 12.6. The summed E-state index contributed by atoms with van der Waals surface area (Å²) in [6.45, 7) is 3.75. The minimum absolute atomic E-state index is 0.0782. The Morgan fingerprint density at radius 1 is 1.19 bits per heavy atom. The zero-order chi connectivity index (χ0) is 19.8. The van der Waals surface area contributed by atoms with Crippen LogP contribution >= 0.6 is 0 Å². The Morgan fingerprint density at radius 3 is 2.59 bits per heavy atom. The van der Waals surface area contributed by atoms with Crippen molar-refractivity contribution in [1.29, 1.82) is 0 Å². The summed E-state index contributed by atoms with van der Waals surface area (Å²) in [5.41, 5.74) is 7.59. The van der Waals surface area contributed by atoms with Gasteiger partial charge in [0.1, 0.15) is 11.8 Å². The fraction of sp³-hybridized carbons (Fsp3) is 0.316. The van der Waals surface area contributed by atoms with E-state index >= 15 is 0 Å². The molecule has 1 saturated heterocycles. The third kappa shape index (κ3) is 4.23. The summed E-state index contributed by atoms with van der Waals surface area (Å²) >= 11 is 0. The lowest BCUT2D eigenvalue weighted by Gasteiger charge is -2.16. The number of phenols is 1. The second kappa shape index (κ2) is 7.21. The number of phenolic OH excluding ortho intramolecular Hbond substituents is 1. The molecule has 1 heterocycles. The minimum atomic E-state index is -4.47. The summed E-state index contributed by atoms with van der Waals surface area (Å²) in [5, 5.41) is 12.7. The highest BCUT2D eigenvalue weighted by molar-refractivity contribution is 5.95. The van der Waals surface area contributed by atoms with Gasteiger partial charge < -0.3 is 10.4 Å². The zero-order valence-electron chi connectivity index (χ0n) is 14.8. The third-order valence-electron chi connectivity index (χ3n) is 4.53. The van der Waals surface area contributed by atoms with Crippen LogP contribution in [-0.2, 0) is 11.0 Å². The lowest BCUT2D eigenvalue weighted by atomic mass is 9.95. The van der Waals surface area contributed by atoms with E-state index in [0.29, 0.717) is 12.0 Å². The van der Waals surface area contributed by atoms with E-state index in [1.54, 1.807) is 6.07 Å². The monoisotopic (exact) mass is 379 g/mol. The van der Waals surface area contributed by atoms with E-state index in [1.807, 2.05) is 19.9 Å². The minimum Gasteiger partial charge on any atom is -0.508 e. The number of rotatable bonds is 3. The molecule has 5 nitrogen and oxygen atoms in total. The Bertz CT molecular complexity index is 845. The molecule has 2 atom stereocenters. The van der Waals surface area contributed by atoms with Crippen molar-refractivity contribution >= 4 is 11.6 Å². The topological polar surface area (TPSA) is 73.4 Å². The second-order valence-corrected chi connectivity index (χ2v) is 6.71. The number of carbonyl (C=O) groups excluding carboxylic acids is 1. The Hall–Kier alpha value is -2.58. The molecule has 2 unspecified atom stereocenters. The van der Waals surface area contributed by atoms with Crippen molar-refractivity contribution in [2.24, 2.45) is 0 Å². The molecule has 8 heteroatoms. The highest BCUT2D eigenvalue weighted by Gasteiger charge is 2.33. The molecular formula is C19H20F3N3O2. The number of carbonyl (C=O) groups is 1. The summed E-state index contributed by atoms with van der Waals surface area (Å²) in [5.74, 6) is -0.306. The lowest BCUT2D eigenvalue weighted by Crippen LogP contribution is -2.39. The Morgan fingerprint density at radius 2 is 1.93 bits per heavy atom. The molecule has 0 aliphatic carbocycles. The highest BCUT2D eigenvalue weighted by atomic mass is 19.4. The molecule has 0 spiro atoms. The van der Waals surface area contributed by atoms with Gasteiger partial charge in [-0.05, 0) is 55.7 Å². The van der Waals surface area contributed by atoms with Gasteiger partial charge in [-0.1, -0.05) is 12.1 Å². The van der Waals surface area contributed by atoms with Crippen LogP contribution in [0.5, 0.6) is 5.75 Å². The summed E-state index contributed by atoms with van der Waals surface area (Å²) in [6.07, 6.45) is -4.12. The number of amides is 1. The van der Waals surface area contributed by atoms with Gasteiger partial charge in [-0.2, -0.15) is 13.2 Å². The van der Waals surface area contributed by atoms with Crippen molar-refractivity contribution in [1.82, 2.24) is 10.9 Å². The van der Waals surface area contributed by atoms with Gasteiger partial charge in [-0.15, -0.1) is 0 Å². The molecule has 0 bridgehead atoms. The number of halogens is 3. The van der Waals surface area contributed by atoms with Gasteiger partial charge in [0.15, 0.2) is 0 Å². The zero-order valence-corrected chi connectivity index (χ0v) is 14.8. The Labute approximate surface area is 154 Å². The smallest absolute Gasteiger partial charge is 0.416 e. The fourth-order valence-electron chi connectivity index (χ4n) is 3.33. The van der Waals surface area contributed by atoms with E-state index in [4.69, 9.17) is 0 Å². The fourth-order valence-corrected chi connectivity index (χ4v) is 3.33. The molecular weight excluding hydrogens is 359 g/mol. The van der Waals surface area contributed by atoms with Gasteiger partial charge in [0.2, 0.25) is 5.91 Å².